The normalized spacial score (nSPS) is 11.3. The summed E-state index contributed by atoms with van der Waals surface area (Å²) in [5.41, 5.74) is -1.33. The Bertz CT molecular complexity index is 1150. The van der Waals surface area contributed by atoms with Gasteiger partial charge in [-0.1, -0.05) is 17.7 Å². The summed E-state index contributed by atoms with van der Waals surface area (Å²) in [5.74, 6) is -0.992. The third-order valence-electron chi connectivity index (χ3n) is 4.07. The maximum Gasteiger partial charge on any atom is 0.416 e. The summed E-state index contributed by atoms with van der Waals surface area (Å²) < 4.78 is 45.4. The lowest BCUT2D eigenvalue weighted by atomic mass is 10.2. The van der Waals surface area contributed by atoms with Gasteiger partial charge in [-0.3, -0.25) is 19.6 Å². The predicted octanol–water partition coefficient (Wildman–Crippen LogP) is 5.53. The first-order valence-corrected chi connectivity index (χ1v) is 9.13. The first-order valence-electron chi connectivity index (χ1n) is 8.75. The van der Waals surface area contributed by atoms with E-state index < -0.39 is 28.3 Å². The fourth-order valence-electron chi connectivity index (χ4n) is 2.71. The molecule has 162 valence electrons. The monoisotopic (exact) mass is 454 g/mol. The topological polar surface area (TPSA) is 99.3 Å². The molecule has 0 radical (unpaired) electrons. The van der Waals surface area contributed by atoms with Crippen molar-refractivity contribution in [3.05, 3.63) is 75.1 Å². The lowest BCUT2D eigenvalue weighted by Gasteiger charge is -2.12. The van der Waals surface area contributed by atoms with Gasteiger partial charge < -0.3 is 10.1 Å². The SMILES string of the molecule is CCn1ncc(Cl)c1C(=O)Nc1cc(Oc2cccc(C(F)(F)F)c2)cc([N+](=O)[O-])c1. The first-order chi connectivity index (χ1) is 14.6. The van der Waals surface area contributed by atoms with Crippen molar-refractivity contribution in [1.82, 2.24) is 9.78 Å². The summed E-state index contributed by atoms with van der Waals surface area (Å²) in [6.07, 6.45) is -3.29. The van der Waals surface area contributed by atoms with Crippen molar-refractivity contribution in [2.24, 2.45) is 0 Å². The van der Waals surface area contributed by atoms with E-state index in [2.05, 4.69) is 10.4 Å². The molecule has 0 saturated carbocycles. The number of hydrogen-bond acceptors (Lipinski definition) is 5. The van der Waals surface area contributed by atoms with E-state index in [9.17, 15) is 28.1 Å². The molecule has 0 bridgehead atoms. The van der Waals surface area contributed by atoms with Crippen LogP contribution in [-0.2, 0) is 12.7 Å². The van der Waals surface area contributed by atoms with Gasteiger partial charge >= 0.3 is 6.18 Å². The predicted molar refractivity (Wildman–Crippen MR) is 105 cm³/mol. The number of hydrogen-bond donors (Lipinski definition) is 1. The summed E-state index contributed by atoms with van der Waals surface area (Å²) >= 11 is 5.99. The number of nitro benzene ring substituents is 1. The van der Waals surface area contributed by atoms with Gasteiger partial charge in [0, 0.05) is 18.7 Å². The molecular weight excluding hydrogens is 441 g/mol. The minimum Gasteiger partial charge on any atom is -0.457 e. The number of carbonyl (C=O) groups excluding carboxylic acids is 1. The van der Waals surface area contributed by atoms with Crippen LogP contribution in [0.2, 0.25) is 5.02 Å². The van der Waals surface area contributed by atoms with Gasteiger partial charge in [-0.05, 0) is 25.1 Å². The van der Waals surface area contributed by atoms with Crippen molar-refractivity contribution in [3.8, 4) is 11.5 Å². The molecule has 1 amide bonds. The molecule has 2 aromatic carbocycles. The number of ether oxygens (including phenoxy) is 1. The smallest absolute Gasteiger partial charge is 0.416 e. The highest BCUT2D eigenvalue weighted by Crippen LogP contribution is 2.34. The van der Waals surface area contributed by atoms with E-state index in [-0.39, 0.29) is 27.9 Å². The van der Waals surface area contributed by atoms with Crippen LogP contribution in [0, 0.1) is 10.1 Å². The molecule has 0 atom stereocenters. The number of benzene rings is 2. The molecule has 3 aromatic rings. The molecule has 0 aliphatic heterocycles. The number of alkyl halides is 3. The Morgan fingerprint density at radius 3 is 2.65 bits per heavy atom. The number of amides is 1. The standard InChI is InChI=1S/C19H14ClF3N4O4/c1-2-26-17(16(20)10-24-26)18(28)25-12-7-13(27(29)30)9-15(8-12)31-14-5-3-4-11(6-14)19(21,22)23/h3-10H,2H2,1H3,(H,25,28). The average Bonchev–Trinajstić information content (AvgIpc) is 3.08. The van der Waals surface area contributed by atoms with Crippen LogP contribution in [0.1, 0.15) is 23.0 Å². The van der Waals surface area contributed by atoms with Crippen LogP contribution in [0.3, 0.4) is 0 Å². The second-order valence-corrected chi connectivity index (χ2v) is 6.62. The number of aromatic nitrogens is 2. The van der Waals surface area contributed by atoms with Gasteiger partial charge in [0.1, 0.15) is 17.2 Å². The van der Waals surface area contributed by atoms with E-state index in [1.165, 1.54) is 23.0 Å². The Morgan fingerprint density at radius 1 is 1.26 bits per heavy atom. The summed E-state index contributed by atoms with van der Waals surface area (Å²) in [5, 5.41) is 17.8. The van der Waals surface area contributed by atoms with Gasteiger partial charge in [-0.25, -0.2) is 0 Å². The zero-order valence-electron chi connectivity index (χ0n) is 15.8. The number of rotatable bonds is 6. The summed E-state index contributed by atoms with van der Waals surface area (Å²) in [7, 11) is 0. The molecule has 1 N–H and O–H groups in total. The molecule has 0 spiro atoms. The molecule has 31 heavy (non-hydrogen) atoms. The molecule has 0 saturated heterocycles. The van der Waals surface area contributed by atoms with Crippen molar-refractivity contribution in [2.75, 3.05) is 5.32 Å². The third-order valence-corrected chi connectivity index (χ3v) is 4.34. The second kappa shape index (κ2) is 8.64. The summed E-state index contributed by atoms with van der Waals surface area (Å²) in [6.45, 7) is 2.10. The van der Waals surface area contributed by atoms with E-state index in [1.54, 1.807) is 6.92 Å². The van der Waals surface area contributed by atoms with Crippen LogP contribution in [-0.4, -0.2) is 20.6 Å². The summed E-state index contributed by atoms with van der Waals surface area (Å²) in [6, 6.07) is 7.39. The van der Waals surface area contributed by atoms with E-state index in [1.807, 2.05) is 0 Å². The van der Waals surface area contributed by atoms with Crippen LogP contribution in [0.15, 0.2) is 48.7 Å². The van der Waals surface area contributed by atoms with E-state index in [4.69, 9.17) is 16.3 Å². The Balaban J connectivity index is 1.92. The number of nitrogens with one attached hydrogen (secondary N) is 1. The number of aryl methyl sites for hydroxylation is 1. The van der Waals surface area contributed by atoms with Gasteiger partial charge in [0.15, 0.2) is 0 Å². The highest BCUT2D eigenvalue weighted by molar-refractivity contribution is 6.34. The maximum atomic E-state index is 12.9. The fourth-order valence-corrected chi connectivity index (χ4v) is 2.94. The molecule has 3 rings (SSSR count). The Labute approximate surface area is 178 Å². The number of anilines is 1. The quantitative estimate of drug-likeness (QED) is 0.390. The van der Waals surface area contributed by atoms with Crippen molar-refractivity contribution in [2.45, 2.75) is 19.6 Å². The molecule has 0 aliphatic rings. The van der Waals surface area contributed by atoms with E-state index >= 15 is 0 Å². The lowest BCUT2D eigenvalue weighted by molar-refractivity contribution is -0.384. The van der Waals surface area contributed by atoms with Crippen molar-refractivity contribution in [1.29, 1.82) is 0 Å². The first kappa shape index (κ1) is 22.1. The maximum absolute atomic E-state index is 12.9. The van der Waals surface area contributed by atoms with Gasteiger partial charge in [0.05, 0.1) is 33.5 Å². The molecule has 12 heteroatoms. The number of nitrogens with zero attached hydrogens (tertiary/aromatic N) is 3. The number of nitro groups is 1. The molecule has 1 aromatic heterocycles. The Kier molecular flexibility index (Phi) is 6.16. The third kappa shape index (κ3) is 5.12. The van der Waals surface area contributed by atoms with Gasteiger partial charge in [0.25, 0.3) is 11.6 Å². The lowest BCUT2D eigenvalue weighted by Crippen LogP contribution is -2.18. The van der Waals surface area contributed by atoms with Crippen LogP contribution >= 0.6 is 11.6 Å². The number of non-ortho nitro benzene ring substituents is 1. The molecule has 0 fully saturated rings. The fraction of sp³-hybridized carbons (Fsp3) is 0.158. The molecular formula is C19H14ClF3N4O4. The van der Waals surface area contributed by atoms with Gasteiger partial charge in [-0.2, -0.15) is 18.3 Å². The van der Waals surface area contributed by atoms with Crippen molar-refractivity contribution in [3.63, 3.8) is 0 Å². The van der Waals surface area contributed by atoms with Crippen LogP contribution in [0.5, 0.6) is 11.5 Å². The summed E-state index contributed by atoms with van der Waals surface area (Å²) in [4.78, 5) is 23.1. The highest BCUT2D eigenvalue weighted by atomic mass is 35.5. The van der Waals surface area contributed by atoms with Crippen LogP contribution in [0.4, 0.5) is 24.5 Å². The number of halogens is 4. The molecule has 0 aliphatic carbocycles. The van der Waals surface area contributed by atoms with E-state index in [0.717, 1.165) is 30.3 Å². The largest absolute Gasteiger partial charge is 0.457 e. The minimum absolute atomic E-state index is 0.0129. The highest BCUT2D eigenvalue weighted by Gasteiger charge is 2.30. The van der Waals surface area contributed by atoms with Gasteiger partial charge in [-0.15, -0.1) is 0 Å². The number of carbonyl (C=O) groups is 1. The van der Waals surface area contributed by atoms with Crippen LogP contribution < -0.4 is 10.1 Å². The van der Waals surface area contributed by atoms with Crippen molar-refractivity contribution < 1.29 is 27.6 Å². The zero-order valence-corrected chi connectivity index (χ0v) is 16.6. The zero-order chi connectivity index (χ0) is 22.8. The van der Waals surface area contributed by atoms with Crippen LogP contribution in [0.25, 0.3) is 0 Å². The average molecular weight is 455 g/mol. The Morgan fingerprint density at radius 2 is 2.00 bits per heavy atom. The second-order valence-electron chi connectivity index (χ2n) is 6.21. The molecule has 8 nitrogen and oxygen atoms in total. The van der Waals surface area contributed by atoms with Crippen molar-refractivity contribution >= 4 is 28.9 Å². The minimum atomic E-state index is -4.58. The molecule has 0 unspecified atom stereocenters. The van der Waals surface area contributed by atoms with Gasteiger partial charge in [0.2, 0.25) is 0 Å². The Hall–Kier alpha value is -3.60. The molecule has 1 heterocycles. The van der Waals surface area contributed by atoms with E-state index in [0.29, 0.717) is 6.54 Å².